The van der Waals surface area contributed by atoms with Crippen molar-refractivity contribution >= 4 is 16.0 Å². The third-order valence-electron chi connectivity index (χ3n) is 0.313. The number of nitrogens with one attached hydrogen (secondary N) is 1. The lowest BCUT2D eigenvalue weighted by molar-refractivity contribution is -0.134. The van der Waals surface area contributed by atoms with E-state index in [0.29, 0.717) is 0 Å². The molecule has 0 aliphatic carbocycles. The molecule has 0 aromatic heterocycles. The Balaban J connectivity index is 3.95. The molecule has 0 unspecified atom stereocenters. The molecule has 0 fully saturated rings. The van der Waals surface area contributed by atoms with Gasteiger partial charge in [0.05, 0.1) is 0 Å². The summed E-state index contributed by atoms with van der Waals surface area (Å²) in [5.74, 6) is -2.62. The molecule has 8 heavy (non-hydrogen) atoms. The molecule has 5 nitrogen and oxygen atoms in total. The van der Waals surface area contributed by atoms with Crippen LogP contribution in [0.1, 0.15) is 0 Å². The molecule has 47 valence electrons. The van der Waals surface area contributed by atoms with Crippen LogP contribution in [0.3, 0.4) is 0 Å². The van der Waals surface area contributed by atoms with Gasteiger partial charge in [0.25, 0.3) is 0 Å². The number of hydrogen-bond donors (Lipinski definition) is 1. The third kappa shape index (κ3) is 5.38. The van der Waals surface area contributed by atoms with Gasteiger partial charge in [-0.05, 0) is 0 Å². The summed E-state index contributed by atoms with van der Waals surface area (Å²) in [6.07, 6.45) is 0. The molecule has 0 rings (SSSR count). The van der Waals surface area contributed by atoms with Gasteiger partial charge in [0.15, 0.2) is 5.75 Å². The maximum atomic E-state index is 9.73. The second-order valence-corrected chi connectivity index (χ2v) is 2.67. The summed E-state index contributed by atoms with van der Waals surface area (Å²) < 4.78 is 19.5. The van der Waals surface area contributed by atoms with Crippen molar-refractivity contribution in [2.24, 2.45) is 0 Å². The number of carboxylic acids is 1. The van der Waals surface area contributed by atoms with Crippen LogP contribution >= 0.6 is 0 Å². The van der Waals surface area contributed by atoms with E-state index in [4.69, 9.17) is 10.2 Å². The fourth-order valence-corrected chi connectivity index (χ4v) is 0.488. The normalized spacial score (nSPS) is 11.1. The Morgan fingerprint density at radius 2 is 2.00 bits per heavy atom. The van der Waals surface area contributed by atoms with Crippen LogP contribution in [0.15, 0.2) is 0 Å². The Labute approximate surface area is 46.2 Å². The molecule has 0 amide bonds. The van der Waals surface area contributed by atoms with E-state index >= 15 is 0 Å². The van der Waals surface area contributed by atoms with Crippen LogP contribution in [0, 0.1) is 0 Å². The molecule has 0 aliphatic heterocycles. The van der Waals surface area contributed by atoms with E-state index in [0.717, 1.165) is 0 Å². The number of carbonyl (C=O) groups is 1. The Morgan fingerprint density at radius 3 is 2.00 bits per heavy atom. The number of hydrogen-bond acceptors (Lipinski definition) is 3. The lowest BCUT2D eigenvalue weighted by Crippen LogP contribution is -2.14. The summed E-state index contributed by atoms with van der Waals surface area (Å²) in [6.45, 7) is 0. The Bertz CT molecular complexity index is 180. The summed E-state index contributed by atoms with van der Waals surface area (Å²) in [4.78, 5) is 9.52. The number of sulfonamides is 1. The summed E-state index contributed by atoms with van der Waals surface area (Å²) in [7, 11) is -4.07. The first-order valence-electron chi connectivity index (χ1n) is 1.61. The molecular weight excluding hydrogens is 134 g/mol. The van der Waals surface area contributed by atoms with Crippen LogP contribution < -0.4 is 5.14 Å². The van der Waals surface area contributed by atoms with Crippen molar-refractivity contribution in [2.45, 2.75) is 0 Å². The molecule has 0 aromatic rings. The smallest absolute Gasteiger partial charge is 0.320 e. The van der Waals surface area contributed by atoms with Gasteiger partial charge in [-0.25, -0.2) is 8.42 Å². The Morgan fingerprint density at radius 1 is 1.62 bits per heavy atom. The molecule has 0 saturated carbocycles. The molecule has 0 spiro atoms. The standard InChI is InChI=1S/C2H4NO4S/c3-8(6,7)1-2(4)5/h3H,1H2,(H,4,5). The first-order valence-corrected chi connectivity index (χ1v) is 3.26. The Kier molecular flexibility index (Phi) is 1.94. The molecule has 0 aliphatic rings. The fourth-order valence-electron chi connectivity index (χ4n) is 0.163. The monoisotopic (exact) mass is 138 g/mol. The van der Waals surface area contributed by atoms with Crippen molar-refractivity contribution in [3.05, 3.63) is 0 Å². The molecule has 0 saturated heterocycles. The zero-order valence-corrected chi connectivity index (χ0v) is 4.60. The average molecular weight is 138 g/mol. The van der Waals surface area contributed by atoms with Gasteiger partial charge in [-0.2, -0.15) is 0 Å². The van der Waals surface area contributed by atoms with Crippen molar-refractivity contribution in [1.82, 2.24) is 5.14 Å². The first-order chi connectivity index (χ1) is 3.42. The summed E-state index contributed by atoms with van der Waals surface area (Å²) in [5, 5.41) is 13.8. The van der Waals surface area contributed by atoms with Gasteiger partial charge in [-0.1, -0.05) is 0 Å². The van der Waals surface area contributed by atoms with E-state index < -0.39 is 21.7 Å². The van der Waals surface area contributed by atoms with E-state index in [1.54, 1.807) is 0 Å². The minimum Gasteiger partial charge on any atom is -0.480 e. The van der Waals surface area contributed by atoms with Gasteiger partial charge in [0, 0.05) is 0 Å². The van der Waals surface area contributed by atoms with E-state index in [9.17, 15) is 13.2 Å². The first kappa shape index (κ1) is 7.38. The highest BCUT2D eigenvalue weighted by Gasteiger charge is 2.08. The molecule has 0 heterocycles. The van der Waals surface area contributed by atoms with Crippen molar-refractivity contribution in [3.8, 4) is 0 Å². The molecule has 1 radical (unpaired) electrons. The van der Waals surface area contributed by atoms with Crippen molar-refractivity contribution in [2.75, 3.05) is 5.75 Å². The number of carboxylic acid groups (broad SMARTS) is 1. The van der Waals surface area contributed by atoms with Crippen molar-refractivity contribution < 1.29 is 18.3 Å². The molecular formula is C2H4NO4S. The highest BCUT2D eigenvalue weighted by Crippen LogP contribution is 1.76. The van der Waals surface area contributed by atoms with E-state index in [1.807, 2.05) is 0 Å². The van der Waals surface area contributed by atoms with E-state index in [1.165, 1.54) is 0 Å². The van der Waals surface area contributed by atoms with Gasteiger partial charge >= 0.3 is 5.97 Å². The maximum absolute atomic E-state index is 9.73. The number of aliphatic carboxylic acids is 1. The van der Waals surface area contributed by atoms with E-state index in [-0.39, 0.29) is 0 Å². The topological polar surface area (TPSA) is 95.2 Å². The van der Waals surface area contributed by atoms with Crippen LogP contribution in [-0.2, 0) is 14.8 Å². The summed E-state index contributed by atoms with van der Waals surface area (Å²) >= 11 is 0. The average Bonchev–Trinajstić information content (AvgIpc) is 1.21. The van der Waals surface area contributed by atoms with Crippen molar-refractivity contribution in [3.63, 3.8) is 0 Å². The van der Waals surface area contributed by atoms with Gasteiger partial charge in [0.1, 0.15) is 0 Å². The van der Waals surface area contributed by atoms with Crippen molar-refractivity contribution in [1.29, 1.82) is 0 Å². The second-order valence-electron chi connectivity index (χ2n) is 1.15. The lowest BCUT2D eigenvalue weighted by Gasteiger charge is -1.85. The largest absolute Gasteiger partial charge is 0.480 e. The highest BCUT2D eigenvalue weighted by atomic mass is 32.2. The van der Waals surface area contributed by atoms with Crippen LogP contribution in [0.2, 0.25) is 0 Å². The quantitative estimate of drug-likeness (QED) is 0.512. The fraction of sp³-hybridized carbons (Fsp3) is 0.500. The van der Waals surface area contributed by atoms with Gasteiger partial charge in [-0.15, -0.1) is 5.14 Å². The maximum Gasteiger partial charge on any atom is 0.320 e. The highest BCUT2D eigenvalue weighted by molar-refractivity contribution is 7.89. The molecule has 6 heteroatoms. The van der Waals surface area contributed by atoms with Gasteiger partial charge in [-0.3, -0.25) is 4.79 Å². The summed E-state index contributed by atoms with van der Waals surface area (Å²) in [6, 6.07) is 0. The molecule has 2 N–H and O–H groups in total. The molecule has 0 bridgehead atoms. The van der Waals surface area contributed by atoms with Crippen LogP contribution in [0.25, 0.3) is 0 Å². The predicted molar refractivity (Wildman–Crippen MR) is 24.5 cm³/mol. The Hall–Kier alpha value is -0.620. The SMILES string of the molecule is [NH]S(=O)(=O)CC(=O)O. The van der Waals surface area contributed by atoms with Crippen LogP contribution in [-0.4, -0.2) is 25.2 Å². The minimum atomic E-state index is -4.07. The van der Waals surface area contributed by atoms with Gasteiger partial charge in [0.2, 0.25) is 10.0 Å². The van der Waals surface area contributed by atoms with E-state index in [2.05, 4.69) is 0 Å². The minimum absolute atomic E-state index is 1.12. The predicted octanol–water partition coefficient (Wildman–Crippen LogP) is -1.32. The second kappa shape index (κ2) is 2.10. The summed E-state index contributed by atoms with van der Waals surface area (Å²) in [5.41, 5.74) is 0. The van der Waals surface area contributed by atoms with Crippen LogP contribution in [0.5, 0.6) is 0 Å². The van der Waals surface area contributed by atoms with Gasteiger partial charge < -0.3 is 5.11 Å². The zero-order valence-electron chi connectivity index (χ0n) is 3.79. The number of rotatable bonds is 2. The van der Waals surface area contributed by atoms with Crippen LogP contribution in [0.4, 0.5) is 0 Å². The molecule has 0 atom stereocenters. The molecule has 0 aromatic carbocycles. The zero-order chi connectivity index (χ0) is 6.78. The third-order valence-corrected chi connectivity index (χ3v) is 0.940. The lowest BCUT2D eigenvalue weighted by atomic mass is 10.8.